The summed E-state index contributed by atoms with van der Waals surface area (Å²) < 4.78 is 1.09. The molecule has 0 aliphatic heterocycles. The summed E-state index contributed by atoms with van der Waals surface area (Å²) in [5.41, 5.74) is 1.86. The van der Waals surface area contributed by atoms with Crippen molar-refractivity contribution in [3.63, 3.8) is 0 Å². The summed E-state index contributed by atoms with van der Waals surface area (Å²) in [5.74, 6) is 0. The SMILES string of the molecule is CC1(C)CCC(C)(O)c2ccc(Br)cc21. The van der Waals surface area contributed by atoms with Crippen molar-refractivity contribution in [2.45, 2.75) is 44.6 Å². The third-order valence-corrected chi connectivity index (χ3v) is 4.02. The first-order valence-electron chi connectivity index (χ1n) is 5.36. The fourth-order valence-corrected chi connectivity index (χ4v) is 2.73. The van der Waals surface area contributed by atoms with E-state index in [2.05, 4.69) is 35.8 Å². The molecule has 1 aliphatic carbocycles. The second-order valence-electron chi connectivity index (χ2n) is 5.35. The molecule has 0 bridgehead atoms. The molecule has 1 aromatic rings. The molecule has 0 saturated heterocycles. The summed E-state index contributed by atoms with van der Waals surface area (Å²) in [5, 5.41) is 10.3. The van der Waals surface area contributed by atoms with Crippen LogP contribution in [0.15, 0.2) is 22.7 Å². The van der Waals surface area contributed by atoms with Gasteiger partial charge in [0.05, 0.1) is 5.60 Å². The highest BCUT2D eigenvalue weighted by Gasteiger charge is 2.38. The number of hydrogen-bond donors (Lipinski definition) is 1. The molecule has 0 spiro atoms. The molecule has 1 nitrogen and oxygen atoms in total. The molecule has 1 aliphatic rings. The minimum atomic E-state index is -0.661. The first kappa shape index (κ1) is 11.2. The van der Waals surface area contributed by atoms with Gasteiger partial charge >= 0.3 is 0 Å². The molecule has 1 unspecified atom stereocenters. The average Bonchev–Trinajstić information content (AvgIpc) is 2.13. The predicted molar refractivity (Wildman–Crippen MR) is 66.0 cm³/mol. The van der Waals surface area contributed by atoms with Gasteiger partial charge in [0.2, 0.25) is 0 Å². The summed E-state index contributed by atoms with van der Waals surface area (Å²) in [6.07, 6.45) is 1.87. The number of hydrogen-bond acceptors (Lipinski definition) is 1. The smallest absolute Gasteiger partial charge is 0.0871 e. The summed E-state index contributed by atoms with van der Waals surface area (Å²) in [6, 6.07) is 6.19. The molecule has 0 radical (unpaired) electrons. The van der Waals surface area contributed by atoms with E-state index in [1.54, 1.807) is 0 Å². The van der Waals surface area contributed by atoms with Crippen molar-refractivity contribution in [1.82, 2.24) is 0 Å². The van der Waals surface area contributed by atoms with Crippen LogP contribution in [-0.4, -0.2) is 5.11 Å². The summed E-state index contributed by atoms with van der Waals surface area (Å²) in [6.45, 7) is 6.40. The maximum Gasteiger partial charge on any atom is 0.0871 e. The lowest BCUT2D eigenvalue weighted by atomic mass is 9.67. The van der Waals surface area contributed by atoms with Gasteiger partial charge in [-0.05, 0) is 48.4 Å². The summed E-state index contributed by atoms with van der Waals surface area (Å²) in [7, 11) is 0. The number of fused-ring (bicyclic) bond motifs is 1. The van der Waals surface area contributed by atoms with Gasteiger partial charge in [-0.15, -0.1) is 0 Å². The Morgan fingerprint density at radius 1 is 1.13 bits per heavy atom. The van der Waals surface area contributed by atoms with E-state index in [9.17, 15) is 5.11 Å². The average molecular weight is 269 g/mol. The van der Waals surface area contributed by atoms with Crippen LogP contribution in [0, 0.1) is 0 Å². The molecule has 2 heteroatoms. The minimum absolute atomic E-state index is 0.168. The van der Waals surface area contributed by atoms with Crippen molar-refractivity contribution in [2.75, 3.05) is 0 Å². The Labute approximate surface area is 99.6 Å². The lowest BCUT2D eigenvalue weighted by molar-refractivity contribution is 0.0277. The second-order valence-corrected chi connectivity index (χ2v) is 6.26. The van der Waals surface area contributed by atoms with Crippen molar-refractivity contribution < 1.29 is 5.11 Å². The van der Waals surface area contributed by atoms with Crippen molar-refractivity contribution in [3.05, 3.63) is 33.8 Å². The molecule has 2 rings (SSSR count). The highest BCUT2D eigenvalue weighted by atomic mass is 79.9. The van der Waals surface area contributed by atoms with Crippen LogP contribution < -0.4 is 0 Å². The van der Waals surface area contributed by atoms with E-state index in [1.807, 2.05) is 19.1 Å². The van der Waals surface area contributed by atoms with E-state index in [0.717, 1.165) is 22.9 Å². The molecule has 1 aromatic carbocycles. The van der Waals surface area contributed by atoms with Gasteiger partial charge in [-0.3, -0.25) is 0 Å². The zero-order valence-corrected chi connectivity index (χ0v) is 11.1. The number of aliphatic hydroxyl groups is 1. The van der Waals surface area contributed by atoms with Crippen LogP contribution >= 0.6 is 15.9 Å². The third-order valence-electron chi connectivity index (χ3n) is 3.53. The van der Waals surface area contributed by atoms with E-state index in [0.29, 0.717) is 0 Å². The van der Waals surface area contributed by atoms with Crippen LogP contribution in [0.5, 0.6) is 0 Å². The standard InChI is InChI=1S/C13H17BrO/c1-12(2)6-7-13(3,15)10-5-4-9(14)8-11(10)12/h4-5,8,15H,6-7H2,1-3H3. The molecule has 82 valence electrons. The van der Waals surface area contributed by atoms with E-state index in [1.165, 1.54) is 5.56 Å². The van der Waals surface area contributed by atoms with Crippen molar-refractivity contribution >= 4 is 15.9 Å². The van der Waals surface area contributed by atoms with E-state index >= 15 is 0 Å². The van der Waals surface area contributed by atoms with Gasteiger partial charge in [0, 0.05) is 4.47 Å². The topological polar surface area (TPSA) is 20.2 Å². The van der Waals surface area contributed by atoms with Gasteiger partial charge in [-0.1, -0.05) is 35.8 Å². The van der Waals surface area contributed by atoms with Crippen molar-refractivity contribution in [1.29, 1.82) is 0 Å². The zero-order valence-electron chi connectivity index (χ0n) is 9.47. The maximum absolute atomic E-state index is 10.3. The lowest BCUT2D eigenvalue weighted by Gasteiger charge is -2.40. The monoisotopic (exact) mass is 268 g/mol. The van der Waals surface area contributed by atoms with Gasteiger partial charge < -0.3 is 5.11 Å². The van der Waals surface area contributed by atoms with Crippen molar-refractivity contribution in [3.8, 4) is 0 Å². The Morgan fingerprint density at radius 2 is 1.80 bits per heavy atom. The summed E-state index contributed by atoms with van der Waals surface area (Å²) in [4.78, 5) is 0. The van der Waals surface area contributed by atoms with E-state index in [-0.39, 0.29) is 5.41 Å². The second kappa shape index (κ2) is 3.33. The minimum Gasteiger partial charge on any atom is -0.385 e. The Balaban J connectivity index is 2.64. The molecule has 1 atom stereocenters. The first-order valence-corrected chi connectivity index (χ1v) is 6.15. The van der Waals surface area contributed by atoms with Gasteiger partial charge in [-0.25, -0.2) is 0 Å². The van der Waals surface area contributed by atoms with Gasteiger partial charge in [-0.2, -0.15) is 0 Å². The maximum atomic E-state index is 10.3. The van der Waals surface area contributed by atoms with Crippen LogP contribution in [0.2, 0.25) is 0 Å². The molecule has 0 fully saturated rings. The Morgan fingerprint density at radius 3 is 2.47 bits per heavy atom. The van der Waals surface area contributed by atoms with Gasteiger partial charge in [0.15, 0.2) is 0 Å². The molecule has 0 heterocycles. The predicted octanol–water partition coefficient (Wildman–Crippen LogP) is 3.73. The number of rotatable bonds is 0. The molecular weight excluding hydrogens is 252 g/mol. The first-order chi connectivity index (χ1) is 6.83. The fourth-order valence-electron chi connectivity index (χ4n) is 2.37. The van der Waals surface area contributed by atoms with Crippen LogP contribution in [-0.2, 0) is 11.0 Å². The molecule has 0 saturated carbocycles. The zero-order chi connectivity index (χ0) is 11.3. The van der Waals surface area contributed by atoms with E-state index < -0.39 is 5.60 Å². The number of benzene rings is 1. The highest BCUT2D eigenvalue weighted by Crippen LogP contribution is 2.45. The van der Waals surface area contributed by atoms with Crippen LogP contribution in [0.1, 0.15) is 44.7 Å². The van der Waals surface area contributed by atoms with Crippen LogP contribution in [0.3, 0.4) is 0 Å². The molecule has 0 aromatic heterocycles. The summed E-state index contributed by atoms with van der Waals surface area (Å²) >= 11 is 3.50. The van der Waals surface area contributed by atoms with Gasteiger partial charge in [0.25, 0.3) is 0 Å². The molecule has 1 N–H and O–H groups in total. The molecule has 15 heavy (non-hydrogen) atoms. The largest absolute Gasteiger partial charge is 0.385 e. The quantitative estimate of drug-likeness (QED) is 0.761. The Bertz CT molecular complexity index is 394. The van der Waals surface area contributed by atoms with Crippen LogP contribution in [0.25, 0.3) is 0 Å². The normalized spacial score (nSPS) is 28.6. The van der Waals surface area contributed by atoms with Crippen LogP contribution in [0.4, 0.5) is 0 Å². The molecular formula is C13H17BrO. The number of halogens is 1. The Kier molecular flexibility index (Phi) is 2.47. The molecule has 0 amide bonds. The van der Waals surface area contributed by atoms with E-state index in [4.69, 9.17) is 0 Å². The third kappa shape index (κ3) is 1.85. The van der Waals surface area contributed by atoms with Gasteiger partial charge in [0.1, 0.15) is 0 Å². The lowest BCUT2D eigenvalue weighted by Crippen LogP contribution is -2.35. The highest BCUT2D eigenvalue weighted by molar-refractivity contribution is 9.10. The van der Waals surface area contributed by atoms with Crippen molar-refractivity contribution in [2.24, 2.45) is 0 Å². The fraction of sp³-hybridized carbons (Fsp3) is 0.538. The Hall–Kier alpha value is -0.340.